The molecule has 0 spiro atoms. The normalized spacial score (nSPS) is 12.0. The number of ether oxygens (including phenoxy) is 1. The molecule has 1 atom stereocenters. The van der Waals surface area contributed by atoms with Crippen LogP contribution in [0.3, 0.4) is 0 Å². The minimum absolute atomic E-state index is 0.434. The highest BCUT2D eigenvalue weighted by Crippen LogP contribution is 2.14. The van der Waals surface area contributed by atoms with Gasteiger partial charge in [-0.25, -0.2) is 0 Å². The van der Waals surface area contributed by atoms with Crippen LogP contribution in [0.4, 0.5) is 0 Å². The quantitative estimate of drug-likeness (QED) is 0.543. The molecule has 128 valence electrons. The summed E-state index contributed by atoms with van der Waals surface area (Å²) in [5.41, 5.74) is 1.96. The van der Waals surface area contributed by atoms with E-state index in [1.54, 1.807) is 6.08 Å². The van der Waals surface area contributed by atoms with Gasteiger partial charge in [0.15, 0.2) is 5.76 Å². The molecule has 26 heavy (non-hydrogen) atoms. The second kappa shape index (κ2) is 9.27. The molecule has 0 amide bonds. The van der Waals surface area contributed by atoms with Crippen molar-refractivity contribution in [3.8, 4) is 17.6 Å². The molecule has 3 aromatic rings. The molecule has 2 nitrogen and oxygen atoms in total. The summed E-state index contributed by atoms with van der Waals surface area (Å²) >= 11 is 0. The van der Waals surface area contributed by atoms with E-state index in [9.17, 15) is 5.11 Å². The lowest BCUT2D eigenvalue weighted by molar-refractivity contribution is 0.219. The molecule has 0 aliphatic heterocycles. The van der Waals surface area contributed by atoms with Gasteiger partial charge in [-0.05, 0) is 41.8 Å². The highest BCUT2D eigenvalue weighted by Gasteiger charge is 2.06. The zero-order valence-corrected chi connectivity index (χ0v) is 14.4. The number of para-hydroxylation sites is 1. The molecular weight excluding hydrogens is 320 g/mol. The highest BCUT2D eigenvalue weighted by molar-refractivity contribution is 5.40. The van der Waals surface area contributed by atoms with Gasteiger partial charge in [-0.15, -0.1) is 0 Å². The number of allylic oxidation sites excluding steroid dienone is 1. The lowest BCUT2D eigenvalue weighted by Gasteiger charge is -2.09. The van der Waals surface area contributed by atoms with Gasteiger partial charge >= 0.3 is 0 Å². The van der Waals surface area contributed by atoms with Crippen LogP contribution in [0.5, 0.6) is 5.75 Å². The summed E-state index contributed by atoms with van der Waals surface area (Å²) in [5, 5.41) is 10.4. The van der Waals surface area contributed by atoms with E-state index in [2.05, 4.69) is 11.8 Å². The van der Waals surface area contributed by atoms with Gasteiger partial charge < -0.3 is 9.84 Å². The van der Waals surface area contributed by atoms with E-state index in [0.717, 1.165) is 11.1 Å². The molecule has 0 heterocycles. The van der Waals surface area contributed by atoms with E-state index in [1.165, 1.54) is 0 Å². The molecule has 0 bridgehead atoms. The molecule has 0 aliphatic rings. The van der Waals surface area contributed by atoms with Crippen LogP contribution in [0.2, 0.25) is 0 Å². The van der Waals surface area contributed by atoms with Crippen molar-refractivity contribution >= 4 is 0 Å². The fourth-order valence-corrected chi connectivity index (χ4v) is 2.46. The second-order valence-electron chi connectivity index (χ2n) is 5.82. The summed E-state index contributed by atoms with van der Waals surface area (Å²) in [6.45, 7) is 0. The Morgan fingerprint density at radius 3 is 2.08 bits per heavy atom. The predicted octanol–water partition coefficient (Wildman–Crippen LogP) is 4.60. The molecule has 1 N–H and O–H groups in total. The SMILES string of the molecule is OC(/C=C(/C#Cc1ccccc1)Oc1ccccc1)Cc1ccccc1. The van der Waals surface area contributed by atoms with E-state index in [1.807, 2.05) is 91.0 Å². The maximum atomic E-state index is 10.4. The van der Waals surface area contributed by atoms with E-state index >= 15 is 0 Å². The maximum absolute atomic E-state index is 10.4. The average Bonchev–Trinajstić information content (AvgIpc) is 2.68. The second-order valence-corrected chi connectivity index (χ2v) is 5.82. The van der Waals surface area contributed by atoms with Crippen molar-refractivity contribution in [3.63, 3.8) is 0 Å². The summed E-state index contributed by atoms with van der Waals surface area (Å²) < 4.78 is 5.87. The number of aliphatic hydroxyl groups is 1. The van der Waals surface area contributed by atoms with Crippen LogP contribution in [-0.2, 0) is 6.42 Å². The average molecular weight is 340 g/mol. The highest BCUT2D eigenvalue weighted by atomic mass is 16.5. The summed E-state index contributed by atoms with van der Waals surface area (Å²) in [6.07, 6.45) is 1.49. The smallest absolute Gasteiger partial charge is 0.176 e. The van der Waals surface area contributed by atoms with Gasteiger partial charge in [0.1, 0.15) is 5.75 Å². The number of hydrogen-bond acceptors (Lipinski definition) is 2. The zero-order valence-electron chi connectivity index (χ0n) is 14.4. The third kappa shape index (κ3) is 5.66. The topological polar surface area (TPSA) is 29.5 Å². The Labute approximate surface area is 154 Å². The van der Waals surface area contributed by atoms with Crippen molar-refractivity contribution in [1.82, 2.24) is 0 Å². The van der Waals surface area contributed by atoms with Gasteiger partial charge in [0.25, 0.3) is 0 Å². The maximum Gasteiger partial charge on any atom is 0.176 e. The van der Waals surface area contributed by atoms with Crippen LogP contribution in [0, 0.1) is 11.8 Å². The molecule has 1 unspecified atom stereocenters. The van der Waals surface area contributed by atoms with E-state index in [0.29, 0.717) is 17.9 Å². The van der Waals surface area contributed by atoms with E-state index in [4.69, 9.17) is 4.74 Å². The Hall–Kier alpha value is -3.28. The third-order valence-corrected chi connectivity index (χ3v) is 3.71. The molecule has 0 saturated heterocycles. The van der Waals surface area contributed by atoms with Crippen molar-refractivity contribution < 1.29 is 9.84 Å². The van der Waals surface area contributed by atoms with Crippen LogP contribution in [0.25, 0.3) is 0 Å². The summed E-state index contributed by atoms with van der Waals surface area (Å²) in [7, 11) is 0. The lowest BCUT2D eigenvalue weighted by atomic mass is 10.1. The Morgan fingerprint density at radius 1 is 0.846 bits per heavy atom. The predicted molar refractivity (Wildman–Crippen MR) is 105 cm³/mol. The molecule has 2 heteroatoms. The van der Waals surface area contributed by atoms with E-state index < -0.39 is 6.10 Å². The van der Waals surface area contributed by atoms with E-state index in [-0.39, 0.29) is 0 Å². The molecule has 0 radical (unpaired) electrons. The molecule has 3 rings (SSSR count). The van der Waals surface area contributed by atoms with Crippen LogP contribution >= 0.6 is 0 Å². The monoisotopic (exact) mass is 340 g/mol. The van der Waals surface area contributed by atoms with Gasteiger partial charge in [0, 0.05) is 12.0 Å². The van der Waals surface area contributed by atoms with Crippen molar-refractivity contribution in [1.29, 1.82) is 0 Å². The number of aliphatic hydroxyl groups excluding tert-OH is 1. The largest absolute Gasteiger partial charge is 0.449 e. The first-order chi connectivity index (χ1) is 12.8. The first-order valence-electron chi connectivity index (χ1n) is 8.53. The molecule has 0 aromatic heterocycles. The summed E-state index contributed by atoms with van der Waals surface area (Å²) in [6, 6.07) is 29.0. The Bertz CT molecular complexity index is 888. The van der Waals surface area contributed by atoms with Crippen molar-refractivity contribution in [3.05, 3.63) is 114 Å². The van der Waals surface area contributed by atoms with Crippen molar-refractivity contribution in [2.45, 2.75) is 12.5 Å². The summed E-state index contributed by atoms with van der Waals surface area (Å²) in [4.78, 5) is 0. The first kappa shape index (κ1) is 17.5. The number of hydrogen-bond donors (Lipinski definition) is 1. The number of rotatable bonds is 5. The van der Waals surface area contributed by atoms with Gasteiger partial charge in [0.2, 0.25) is 0 Å². The van der Waals surface area contributed by atoms with Crippen LogP contribution in [0.1, 0.15) is 11.1 Å². The minimum Gasteiger partial charge on any atom is -0.449 e. The zero-order chi connectivity index (χ0) is 18.0. The number of benzene rings is 3. The van der Waals surface area contributed by atoms with Crippen molar-refractivity contribution in [2.24, 2.45) is 0 Å². The third-order valence-electron chi connectivity index (χ3n) is 3.71. The van der Waals surface area contributed by atoms with Gasteiger partial charge in [-0.3, -0.25) is 0 Å². The van der Waals surface area contributed by atoms with Gasteiger partial charge in [0.05, 0.1) is 6.10 Å². The Balaban J connectivity index is 1.80. The van der Waals surface area contributed by atoms with Crippen molar-refractivity contribution in [2.75, 3.05) is 0 Å². The van der Waals surface area contributed by atoms with Crippen LogP contribution in [-0.4, -0.2) is 11.2 Å². The van der Waals surface area contributed by atoms with Crippen LogP contribution in [0.15, 0.2) is 103 Å². The standard InChI is InChI=1S/C24H20O2/c25-22(18-21-12-6-2-7-13-21)19-24(26-23-14-8-3-9-15-23)17-16-20-10-4-1-5-11-20/h1-15,19,22,25H,18H2/b24-19-. The van der Waals surface area contributed by atoms with Gasteiger partial charge in [-0.1, -0.05) is 72.7 Å². The first-order valence-corrected chi connectivity index (χ1v) is 8.53. The van der Waals surface area contributed by atoms with Crippen LogP contribution < -0.4 is 4.74 Å². The Morgan fingerprint density at radius 2 is 1.42 bits per heavy atom. The Kier molecular flexibility index (Phi) is 6.25. The molecule has 0 fully saturated rings. The molecule has 0 aliphatic carbocycles. The minimum atomic E-state index is -0.679. The summed E-state index contributed by atoms with van der Waals surface area (Å²) in [5.74, 6) is 7.23. The lowest BCUT2D eigenvalue weighted by Crippen LogP contribution is -2.09. The molecule has 0 saturated carbocycles. The molecular formula is C24H20O2. The fraction of sp³-hybridized carbons (Fsp3) is 0.0833. The molecule has 3 aromatic carbocycles. The van der Waals surface area contributed by atoms with Gasteiger partial charge in [-0.2, -0.15) is 0 Å². The fourth-order valence-electron chi connectivity index (χ4n) is 2.46.